The van der Waals surface area contributed by atoms with Gasteiger partial charge in [0.05, 0.1) is 6.54 Å². The Balaban J connectivity index is 3.48. The van der Waals surface area contributed by atoms with E-state index in [9.17, 15) is 9.00 Å². The van der Waals surface area contributed by atoms with Crippen LogP contribution in [-0.2, 0) is 16.1 Å². The van der Waals surface area contributed by atoms with Gasteiger partial charge in [-0.05, 0) is 0 Å². The highest BCUT2D eigenvalue weighted by atomic mass is 32.2. The molecule has 0 aromatic rings. The lowest BCUT2D eigenvalue weighted by Gasteiger charge is -1.86. The molecule has 0 amide bonds. The molecular formula is C4H5NO4S. The van der Waals surface area contributed by atoms with Crippen molar-refractivity contribution in [1.29, 1.82) is 0 Å². The molecule has 0 aromatic carbocycles. The molecule has 0 bridgehead atoms. The third-order valence-corrected chi connectivity index (χ3v) is 0.871. The zero-order valence-corrected chi connectivity index (χ0v) is 5.64. The van der Waals surface area contributed by atoms with E-state index in [-0.39, 0.29) is 6.54 Å². The molecule has 56 valence electrons. The molecule has 0 aliphatic carbocycles. The summed E-state index contributed by atoms with van der Waals surface area (Å²) in [4.78, 5) is 9.70. The van der Waals surface area contributed by atoms with Gasteiger partial charge in [-0.3, -0.25) is 4.55 Å². The van der Waals surface area contributed by atoms with Crippen LogP contribution in [0.4, 0.5) is 0 Å². The number of carboxylic acids is 1. The van der Waals surface area contributed by atoms with E-state index < -0.39 is 17.2 Å². The van der Waals surface area contributed by atoms with Crippen molar-refractivity contribution in [1.82, 2.24) is 4.72 Å². The normalized spacial score (nSPS) is 11.3. The molecule has 6 heteroatoms. The fourth-order valence-corrected chi connectivity index (χ4v) is 0.413. The molecule has 1 atom stereocenters. The highest BCUT2D eigenvalue weighted by Crippen LogP contribution is 1.61. The Hall–Kier alpha value is -0.900. The summed E-state index contributed by atoms with van der Waals surface area (Å²) in [6.45, 7) is -0.116. The SMILES string of the molecule is O=C(O)C#CCNS(=O)O. The minimum absolute atomic E-state index is 0.116. The molecule has 5 nitrogen and oxygen atoms in total. The standard InChI is InChI=1S/C4H5NO4S/c6-4(7)2-1-3-5-10(8)9/h5H,3H2,(H,6,7)(H,8,9). The molecule has 0 aliphatic heterocycles. The second-order valence-corrected chi connectivity index (χ2v) is 1.96. The van der Waals surface area contributed by atoms with Crippen molar-refractivity contribution in [2.45, 2.75) is 0 Å². The minimum Gasteiger partial charge on any atom is -0.472 e. The summed E-state index contributed by atoms with van der Waals surface area (Å²) in [7, 11) is 0. The van der Waals surface area contributed by atoms with Crippen LogP contribution in [0.5, 0.6) is 0 Å². The molecule has 0 spiro atoms. The van der Waals surface area contributed by atoms with Crippen molar-refractivity contribution in [2.24, 2.45) is 0 Å². The van der Waals surface area contributed by atoms with E-state index in [2.05, 4.69) is 5.92 Å². The van der Waals surface area contributed by atoms with Crippen molar-refractivity contribution in [3.05, 3.63) is 0 Å². The van der Waals surface area contributed by atoms with E-state index in [0.29, 0.717) is 0 Å². The van der Waals surface area contributed by atoms with Gasteiger partial charge >= 0.3 is 5.97 Å². The predicted molar refractivity (Wildman–Crippen MR) is 34.2 cm³/mol. The summed E-state index contributed by atoms with van der Waals surface area (Å²) in [6, 6.07) is 0. The molecule has 0 saturated heterocycles. The van der Waals surface area contributed by atoms with Gasteiger partial charge in [0, 0.05) is 5.92 Å². The number of carbonyl (C=O) groups is 1. The van der Waals surface area contributed by atoms with Gasteiger partial charge in [-0.2, -0.15) is 0 Å². The fraction of sp³-hybridized carbons (Fsp3) is 0.250. The number of hydrogen-bond acceptors (Lipinski definition) is 2. The van der Waals surface area contributed by atoms with Gasteiger partial charge < -0.3 is 5.11 Å². The van der Waals surface area contributed by atoms with Crippen LogP contribution in [0.3, 0.4) is 0 Å². The van der Waals surface area contributed by atoms with Gasteiger partial charge in [0.25, 0.3) is 0 Å². The maximum absolute atomic E-state index is 9.83. The van der Waals surface area contributed by atoms with Gasteiger partial charge in [-0.1, -0.05) is 5.92 Å². The number of aliphatic carboxylic acids is 1. The second-order valence-electron chi connectivity index (χ2n) is 1.18. The first-order chi connectivity index (χ1) is 4.63. The van der Waals surface area contributed by atoms with Gasteiger partial charge in [-0.25, -0.2) is 13.7 Å². The molecule has 0 radical (unpaired) electrons. The topological polar surface area (TPSA) is 86.6 Å². The average molecular weight is 163 g/mol. The lowest BCUT2D eigenvalue weighted by molar-refractivity contribution is -0.130. The average Bonchev–Trinajstić information content (AvgIpc) is 1.79. The van der Waals surface area contributed by atoms with Crippen molar-refractivity contribution in [2.75, 3.05) is 6.54 Å². The summed E-state index contributed by atoms with van der Waals surface area (Å²) in [5.74, 6) is 2.60. The first kappa shape index (κ1) is 9.10. The van der Waals surface area contributed by atoms with Crippen LogP contribution in [0.1, 0.15) is 0 Å². The summed E-state index contributed by atoms with van der Waals surface area (Å²) in [6.07, 6.45) is 0. The second kappa shape index (κ2) is 4.93. The van der Waals surface area contributed by atoms with Crippen molar-refractivity contribution in [3.63, 3.8) is 0 Å². The lowest BCUT2D eigenvalue weighted by atomic mass is 10.6. The maximum Gasteiger partial charge on any atom is 0.381 e. The largest absolute Gasteiger partial charge is 0.472 e. The lowest BCUT2D eigenvalue weighted by Crippen LogP contribution is -2.16. The van der Waals surface area contributed by atoms with Crippen molar-refractivity contribution >= 4 is 17.2 Å². The summed E-state index contributed by atoms with van der Waals surface area (Å²) < 4.78 is 19.9. The molecule has 0 fully saturated rings. The number of hydrogen-bond donors (Lipinski definition) is 3. The monoisotopic (exact) mass is 163 g/mol. The van der Waals surface area contributed by atoms with E-state index >= 15 is 0 Å². The van der Waals surface area contributed by atoms with Gasteiger partial charge in [0.15, 0.2) is 0 Å². The van der Waals surface area contributed by atoms with Gasteiger partial charge in [-0.15, -0.1) is 0 Å². The van der Waals surface area contributed by atoms with Crippen LogP contribution in [0.25, 0.3) is 0 Å². The Morgan fingerprint density at radius 1 is 1.70 bits per heavy atom. The molecule has 0 aliphatic rings. The first-order valence-electron chi connectivity index (χ1n) is 2.19. The quantitative estimate of drug-likeness (QED) is 0.352. The Morgan fingerprint density at radius 2 is 2.30 bits per heavy atom. The number of carboxylic acid groups (broad SMARTS) is 1. The van der Waals surface area contributed by atoms with Crippen molar-refractivity contribution < 1.29 is 18.7 Å². The number of nitrogens with one attached hydrogen (secondary N) is 1. The van der Waals surface area contributed by atoms with Crippen LogP contribution < -0.4 is 4.72 Å². The Kier molecular flexibility index (Phi) is 4.49. The zero-order valence-electron chi connectivity index (χ0n) is 4.83. The smallest absolute Gasteiger partial charge is 0.381 e. The predicted octanol–water partition coefficient (Wildman–Crippen LogP) is -1.20. The molecule has 10 heavy (non-hydrogen) atoms. The van der Waals surface area contributed by atoms with Gasteiger partial charge in [0.1, 0.15) is 0 Å². The van der Waals surface area contributed by atoms with Crippen LogP contribution in [-0.4, -0.2) is 26.4 Å². The Bertz CT molecular complexity index is 203. The van der Waals surface area contributed by atoms with Crippen LogP contribution in [0.2, 0.25) is 0 Å². The van der Waals surface area contributed by atoms with Crippen LogP contribution in [0, 0.1) is 11.8 Å². The molecule has 1 unspecified atom stereocenters. The van der Waals surface area contributed by atoms with E-state index in [0.717, 1.165) is 0 Å². The van der Waals surface area contributed by atoms with Gasteiger partial charge in [0.2, 0.25) is 11.3 Å². The molecule has 0 rings (SSSR count). The Morgan fingerprint density at radius 3 is 2.70 bits per heavy atom. The molecule has 0 aromatic heterocycles. The fourth-order valence-electron chi connectivity index (χ4n) is 0.218. The highest BCUT2D eigenvalue weighted by molar-refractivity contribution is 7.77. The Labute approximate surface area is 59.9 Å². The molecular weight excluding hydrogens is 158 g/mol. The van der Waals surface area contributed by atoms with Crippen LogP contribution in [0.15, 0.2) is 0 Å². The molecule has 0 saturated carbocycles. The minimum atomic E-state index is -2.13. The van der Waals surface area contributed by atoms with E-state index in [1.165, 1.54) is 0 Å². The van der Waals surface area contributed by atoms with E-state index in [1.807, 2.05) is 4.72 Å². The molecule has 3 N–H and O–H groups in total. The number of rotatable bonds is 2. The summed E-state index contributed by atoms with van der Waals surface area (Å²) >= 11 is -2.13. The third kappa shape index (κ3) is 7.10. The summed E-state index contributed by atoms with van der Waals surface area (Å²) in [5, 5.41) is 7.94. The highest BCUT2D eigenvalue weighted by Gasteiger charge is 1.86. The van der Waals surface area contributed by atoms with E-state index in [4.69, 9.17) is 9.66 Å². The first-order valence-corrected chi connectivity index (χ1v) is 3.29. The van der Waals surface area contributed by atoms with E-state index in [1.54, 1.807) is 5.92 Å². The summed E-state index contributed by atoms with van der Waals surface area (Å²) in [5.41, 5.74) is 0. The third-order valence-electron chi connectivity index (χ3n) is 0.479. The molecule has 0 heterocycles. The maximum atomic E-state index is 9.83. The van der Waals surface area contributed by atoms with Crippen molar-refractivity contribution in [3.8, 4) is 11.8 Å². The zero-order chi connectivity index (χ0) is 7.98. The van der Waals surface area contributed by atoms with Crippen LogP contribution >= 0.6 is 0 Å².